The van der Waals surface area contributed by atoms with Gasteiger partial charge in [0.25, 0.3) is 17.7 Å². The molecule has 0 radical (unpaired) electrons. The number of ether oxygens (including phenoxy) is 1. The molecule has 0 aliphatic carbocycles. The number of rotatable bonds is 8. The quantitative estimate of drug-likeness (QED) is 0.220. The van der Waals surface area contributed by atoms with Crippen LogP contribution in [0, 0.1) is 11.8 Å². The maximum absolute atomic E-state index is 12.9. The topological polar surface area (TPSA) is 111 Å². The summed E-state index contributed by atoms with van der Waals surface area (Å²) in [5.41, 5.74) is 2.65. The minimum absolute atomic E-state index is 0.271. The molecule has 9 nitrogen and oxygen atoms in total. The van der Waals surface area contributed by atoms with E-state index in [-0.39, 0.29) is 5.56 Å². The molecule has 0 unspecified atom stereocenters. The maximum Gasteiger partial charge on any atom is 0.278 e. The van der Waals surface area contributed by atoms with Gasteiger partial charge in [0.1, 0.15) is 0 Å². The van der Waals surface area contributed by atoms with Gasteiger partial charge in [-0.2, -0.15) is 0 Å². The highest BCUT2D eigenvalue weighted by molar-refractivity contribution is 6.12. The number of carbonyl (C=O) groups is 3. The highest BCUT2D eigenvalue weighted by atomic mass is 16.5. The van der Waals surface area contributed by atoms with E-state index in [2.05, 4.69) is 34.2 Å². The van der Waals surface area contributed by atoms with Crippen LogP contribution in [0.1, 0.15) is 34.0 Å². The molecule has 3 amide bonds. The van der Waals surface area contributed by atoms with Crippen molar-refractivity contribution in [1.29, 1.82) is 0 Å². The van der Waals surface area contributed by atoms with Gasteiger partial charge in [-0.15, -0.1) is 0 Å². The number of hydrogen-bond acceptors (Lipinski definition) is 6. The summed E-state index contributed by atoms with van der Waals surface area (Å²) in [6, 6.07) is 14.7. The van der Waals surface area contributed by atoms with E-state index in [1.807, 2.05) is 12.1 Å². The number of methoxy groups -OCH3 is 1. The Labute approximate surface area is 211 Å². The molecule has 1 atom stereocenters. The van der Waals surface area contributed by atoms with Gasteiger partial charge in [0.2, 0.25) is 0 Å². The second-order valence-electron chi connectivity index (χ2n) is 8.85. The van der Waals surface area contributed by atoms with Gasteiger partial charge in [0, 0.05) is 57.5 Å². The summed E-state index contributed by atoms with van der Waals surface area (Å²) in [7, 11) is 4.42. The Hall–Kier alpha value is -3.71. The zero-order chi connectivity index (χ0) is 26.3. The van der Waals surface area contributed by atoms with Crippen molar-refractivity contribution in [3.63, 3.8) is 0 Å². The number of hydrogen-bond donors (Lipinski definition) is 3. The Balaban J connectivity index is 1.62. The van der Waals surface area contributed by atoms with E-state index in [9.17, 15) is 14.4 Å². The molecule has 1 saturated heterocycles. The zero-order valence-electron chi connectivity index (χ0n) is 21.0. The highest BCUT2D eigenvalue weighted by Crippen LogP contribution is 2.18. The number of nitrogens with zero attached hydrogens (tertiary/aromatic N) is 2. The number of benzene rings is 2. The monoisotopic (exact) mass is 492 g/mol. The van der Waals surface area contributed by atoms with E-state index < -0.39 is 23.3 Å². The first kappa shape index (κ1) is 26.9. The summed E-state index contributed by atoms with van der Waals surface area (Å²) in [5, 5.41) is 11.4. The molecule has 1 heterocycles. The normalized spacial score (nSPS) is 15.0. The lowest BCUT2D eigenvalue weighted by Crippen LogP contribution is -2.64. The van der Waals surface area contributed by atoms with E-state index >= 15 is 0 Å². The second-order valence-corrected chi connectivity index (χ2v) is 8.85. The van der Waals surface area contributed by atoms with Crippen molar-refractivity contribution in [3.05, 3.63) is 70.8 Å². The summed E-state index contributed by atoms with van der Waals surface area (Å²) in [6.45, 7) is 4.25. The molecule has 0 bridgehead atoms. The van der Waals surface area contributed by atoms with Crippen molar-refractivity contribution in [2.45, 2.75) is 25.0 Å². The molecule has 1 aliphatic heterocycles. The standard InChI is InChI=1S/C27H32N4O5/c1-27(25(33)28-2,26(34)29-35)30(3)24(32)22-13-11-20(12-14-22)6-5-19-7-9-21(10-8-19)15-16-31-17-23(18-31)36-4/h7-14,23,35H,15-18H2,1-4H3,(H,28,33)(H,29,34)/t27-/m0/s1. The molecule has 1 aliphatic rings. The molecule has 2 aromatic rings. The molecule has 3 N–H and O–H groups in total. The van der Waals surface area contributed by atoms with E-state index in [4.69, 9.17) is 9.94 Å². The Morgan fingerprint density at radius 2 is 1.61 bits per heavy atom. The van der Waals surface area contributed by atoms with Gasteiger partial charge in [0.15, 0.2) is 5.54 Å². The third-order valence-corrected chi connectivity index (χ3v) is 6.60. The van der Waals surface area contributed by atoms with E-state index in [1.165, 1.54) is 32.1 Å². The van der Waals surface area contributed by atoms with Crippen LogP contribution in [-0.4, -0.2) is 85.2 Å². The van der Waals surface area contributed by atoms with E-state index in [1.54, 1.807) is 31.4 Å². The second kappa shape index (κ2) is 11.8. The molecule has 190 valence electrons. The predicted molar refractivity (Wildman–Crippen MR) is 134 cm³/mol. The van der Waals surface area contributed by atoms with Gasteiger partial charge in [-0.3, -0.25) is 24.5 Å². The first-order valence-electron chi connectivity index (χ1n) is 11.6. The maximum atomic E-state index is 12.9. The number of nitrogens with one attached hydrogen (secondary N) is 2. The minimum atomic E-state index is -1.94. The van der Waals surface area contributed by atoms with Gasteiger partial charge in [0.05, 0.1) is 6.10 Å². The van der Waals surface area contributed by atoms with E-state index in [0.717, 1.165) is 36.5 Å². The Morgan fingerprint density at radius 3 is 2.11 bits per heavy atom. The van der Waals surface area contributed by atoms with Crippen LogP contribution in [0.5, 0.6) is 0 Å². The van der Waals surface area contributed by atoms with Gasteiger partial charge < -0.3 is 15.0 Å². The highest BCUT2D eigenvalue weighted by Gasteiger charge is 2.47. The molecular formula is C27H32N4O5. The van der Waals surface area contributed by atoms with E-state index in [0.29, 0.717) is 11.7 Å². The number of likely N-dealkylation sites (tertiary alicyclic amines) is 1. The van der Waals surface area contributed by atoms with Gasteiger partial charge >= 0.3 is 0 Å². The van der Waals surface area contributed by atoms with Crippen LogP contribution in [0.25, 0.3) is 0 Å². The van der Waals surface area contributed by atoms with Gasteiger partial charge in [-0.05, 0) is 55.3 Å². The largest absolute Gasteiger partial charge is 0.379 e. The summed E-state index contributed by atoms with van der Waals surface area (Å²) < 4.78 is 5.30. The summed E-state index contributed by atoms with van der Waals surface area (Å²) in [5.74, 6) is 3.89. The molecule has 1 fully saturated rings. The third-order valence-electron chi connectivity index (χ3n) is 6.60. The van der Waals surface area contributed by atoms with Crippen LogP contribution in [0.2, 0.25) is 0 Å². The van der Waals surface area contributed by atoms with Crippen molar-refractivity contribution in [2.75, 3.05) is 40.8 Å². The lowest BCUT2D eigenvalue weighted by Gasteiger charge is -2.38. The Kier molecular flexibility index (Phi) is 8.83. The van der Waals surface area contributed by atoms with Crippen LogP contribution in [-0.2, 0) is 20.7 Å². The summed E-state index contributed by atoms with van der Waals surface area (Å²) in [4.78, 5) is 40.8. The van der Waals surface area contributed by atoms with Gasteiger partial charge in [-0.1, -0.05) is 24.0 Å². The zero-order valence-corrected chi connectivity index (χ0v) is 21.0. The summed E-state index contributed by atoms with van der Waals surface area (Å²) >= 11 is 0. The molecule has 9 heteroatoms. The first-order valence-corrected chi connectivity index (χ1v) is 11.6. The predicted octanol–water partition coefficient (Wildman–Crippen LogP) is 1.04. The fourth-order valence-corrected chi connectivity index (χ4v) is 3.89. The van der Waals surface area contributed by atoms with Crippen molar-refractivity contribution in [3.8, 4) is 11.8 Å². The molecule has 3 rings (SSSR count). The third kappa shape index (κ3) is 5.91. The molecule has 0 saturated carbocycles. The number of carbonyl (C=O) groups excluding carboxylic acids is 3. The lowest BCUT2D eigenvalue weighted by atomic mass is 9.96. The van der Waals surface area contributed by atoms with Crippen molar-refractivity contribution >= 4 is 17.7 Å². The summed E-state index contributed by atoms with van der Waals surface area (Å²) in [6.07, 6.45) is 1.35. The van der Waals surface area contributed by atoms with Crippen molar-refractivity contribution in [2.24, 2.45) is 0 Å². The number of hydroxylamine groups is 1. The molecule has 2 aromatic carbocycles. The van der Waals surface area contributed by atoms with Crippen molar-refractivity contribution in [1.82, 2.24) is 20.6 Å². The van der Waals surface area contributed by atoms with Crippen LogP contribution < -0.4 is 10.8 Å². The molecule has 0 spiro atoms. The van der Waals surface area contributed by atoms with Crippen LogP contribution in [0.4, 0.5) is 0 Å². The van der Waals surface area contributed by atoms with Crippen LogP contribution in [0.3, 0.4) is 0 Å². The Morgan fingerprint density at radius 1 is 1.06 bits per heavy atom. The molecule has 0 aromatic heterocycles. The van der Waals surface area contributed by atoms with Gasteiger partial charge in [-0.25, -0.2) is 5.48 Å². The average molecular weight is 493 g/mol. The fourth-order valence-electron chi connectivity index (χ4n) is 3.89. The van der Waals surface area contributed by atoms with Crippen LogP contribution in [0.15, 0.2) is 48.5 Å². The molecular weight excluding hydrogens is 460 g/mol. The minimum Gasteiger partial charge on any atom is -0.379 e. The average Bonchev–Trinajstić information content (AvgIpc) is 2.89. The van der Waals surface area contributed by atoms with Crippen molar-refractivity contribution < 1.29 is 24.3 Å². The number of amides is 3. The Bertz CT molecular complexity index is 1130. The first-order chi connectivity index (χ1) is 17.2. The fraction of sp³-hybridized carbons (Fsp3) is 0.370. The SMILES string of the molecule is CNC(=O)[C@@](C)(C(=O)NO)N(C)C(=O)c1ccc(C#Cc2ccc(CCN3CC(OC)C3)cc2)cc1. The van der Waals surface area contributed by atoms with Crippen LogP contribution >= 0.6 is 0 Å². The molecule has 36 heavy (non-hydrogen) atoms. The lowest BCUT2D eigenvalue weighted by molar-refractivity contribution is -0.148. The number of likely N-dealkylation sites (N-methyl/N-ethyl adjacent to an activating group) is 2. The smallest absolute Gasteiger partial charge is 0.278 e.